The van der Waals surface area contributed by atoms with Gasteiger partial charge < -0.3 is 10.2 Å². The highest BCUT2D eigenvalue weighted by Crippen LogP contribution is 2.27. The highest BCUT2D eigenvalue weighted by Gasteiger charge is 2.23. The summed E-state index contributed by atoms with van der Waals surface area (Å²) in [5, 5.41) is 2.46. The summed E-state index contributed by atoms with van der Waals surface area (Å²) in [6, 6.07) is 7.89. The Hall–Kier alpha value is -1.82. The van der Waals surface area contributed by atoms with E-state index in [1.54, 1.807) is 4.90 Å². The predicted molar refractivity (Wildman–Crippen MR) is 102 cm³/mol. The van der Waals surface area contributed by atoms with E-state index in [2.05, 4.69) is 5.32 Å². The minimum Gasteiger partial charge on any atom is -0.348 e. The second-order valence-electron chi connectivity index (χ2n) is 6.69. The second kappa shape index (κ2) is 9.04. The fraction of sp³-hybridized carbons (Fsp3) is 0.526. The first-order chi connectivity index (χ1) is 11.9. The minimum atomic E-state index is -0.192. The van der Waals surface area contributed by atoms with E-state index in [1.165, 1.54) is 5.56 Å². The average Bonchev–Trinajstić information content (AvgIpc) is 2.62. The summed E-state index contributed by atoms with van der Waals surface area (Å²) in [6.07, 6.45) is 1.91. The Balaban J connectivity index is 1.81. The van der Waals surface area contributed by atoms with Crippen LogP contribution in [-0.4, -0.2) is 35.8 Å². The molecule has 25 heavy (non-hydrogen) atoms. The number of thioether (sulfide) groups is 1. The van der Waals surface area contributed by atoms with Crippen LogP contribution >= 0.6 is 11.8 Å². The van der Waals surface area contributed by atoms with E-state index < -0.39 is 0 Å². The highest BCUT2D eigenvalue weighted by atomic mass is 32.2. The molecule has 2 rings (SSSR count). The van der Waals surface area contributed by atoms with Crippen molar-refractivity contribution in [1.82, 2.24) is 5.32 Å². The van der Waals surface area contributed by atoms with Crippen molar-refractivity contribution in [3.8, 4) is 0 Å². The molecule has 0 spiro atoms. The molecular weight excluding hydrogens is 336 g/mol. The van der Waals surface area contributed by atoms with Gasteiger partial charge in [0.25, 0.3) is 0 Å². The Bertz CT molecular complexity index is 645. The van der Waals surface area contributed by atoms with Crippen molar-refractivity contribution in [2.45, 2.75) is 33.6 Å². The van der Waals surface area contributed by atoms with Gasteiger partial charge in [-0.3, -0.25) is 14.4 Å². The van der Waals surface area contributed by atoms with Crippen LogP contribution in [0.3, 0.4) is 0 Å². The van der Waals surface area contributed by atoms with Crippen LogP contribution in [0.4, 0.5) is 5.69 Å². The molecule has 1 aliphatic rings. The molecule has 5 nitrogen and oxygen atoms in total. The number of para-hydroxylation sites is 1. The quantitative estimate of drug-likeness (QED) is 0.845. The van der Waals surface area contributed by atoms with E-state index in [9.17, 15) is 14.4 Å². The third kappa shape index (κ3) is 5.33. The normalized spacial score (nSPS) is 14.8. The molecule has 0 bridgehead atoms. The van der Waals surface area contributed by atoms with Gasteiger partial charge in [-0.15, -0.1) is 0 Å². The second-order valence-corrected chi connectivity index (χ2v) is 7.72. The topological polar surface area (TPSA) is 66.5 Å². The lowest BCUT2D eigenvalue weighted by molar-refractivity contribution is -0.127. The molecule has 0 aromatic heterocycles. The lowest BCUT2D eigenvalue weighted by atomic mass is 9.97. The number of rotatable bonds is 6. The first kappa shape index (κ1) is 19.5. The summed E-state index contributed by atoms with van der Waals surface area (Å²) >= 11 is 0.970. The third-order valence-electron chi connectivity index (χ3n) is 4.59. The molecule has 136 valence electrons. The highest BCUT2D eigenvalue weighted by molar-refractivity contribution is 8.14. The van der Waals surface area contributed by atoms with Gasteiger partial charge in [0, 0.05) is 18.2 Å². The molecule has 0 saturated heterocycles. The molecule has 0 radical (unpaired) electrons. The van der Waals surface area contributed by atoms with E-state index in [0.29, 0.717) is 6.54 Å². The number of hydrogen-bond acceptors (Lipinski definition) is 4. The van der Waals surface area contributed by atoms with Crippen molar-refractivity contribution >= 4 is 34.4 Å². The van der Waals surface area contributed by atoms with E-state index in [4.69, 9.17) is 0 Å². The van der Waals surface area contributed by atoms with Gasteiger partial charge in [0.15, 0.2) is 0 Å². The first-order valence-electron chi connectivity index (χ1n) is 8.71. The molecule has 1 heterocycles. The molecule has 0 aliphatic carbocycles. The smallest absolute Gasteiger partial charge is 0.237 e. The predicted octanol–water partition coefficient (Wildman–Crippen LogP) is 2.63. The molecular formula is C19H26N2O3S. The Morgan fingerprint density at radius 1 is 1.20 bits per heavy atom. The summed E-state index contributed by atoms with van der Waals surface area (Å²) in [7, 11) is 0. The lowest BCUT2D eigenvalue weighted by Gasteiger charge is -2.29. The number of carbonyl (C=O) groups is 3. The van der Waals surface area contributed by atoms with E-state index in [-0.39, 0.29) is 41.1 Å². The molecule has 1 N–H and O–H groups in total. The average molecular weight is 362 g/mol. The van der Waals surface area contributed by atoms with Gasteiger partial charge in [0.2, 0.25) is 16.9 Å². The van der Waals surface area contributed by atoms with Crippen LogP contribution in [0.2, 0.25) is 0 Å². The Kier molecular flexibility index (Phi) is 7.05. The van der Waals surface area contributed by atoms with Gasteiger partial charge in [-0.25, -0.2) is 0 Å². The molecule has 1 aromatic carbocycles. The summed E-state index contributed by atoms with van der Waals surface area (Å²) in [4.78, 5) is 38.0. The summed E-state index contributed by atoms with van der Waals surface area (Å²) in [5.74, 6) is 0.00312. The zero-order valence-corrected chi connectivity index (χ0v) is 15.9. The van der Waals surface area contributed by atoms with Crippen molar-refractivity contribution in [1.29, 1.82) is 0 Å². The third-order valence-corrected chi connectivity index (χ3v) is 5.45. The van der Waals surface area contributed by atoms with Crippen LogP contribution in [0.25, 0.3) is 0 Å². The number of nitrogens with zero attached hydrogens (tertiary/aromatic N) is 1. The summed E-state index contributed by atoms with van der Waals surface area (Å²) in [5.41, 5.74) is 2.12. The standard InChI is InChI=1S/C19H26N2O3S/c1-13(2)14(3)19(24)20-11-18(23)25-12-17(22)21-10-6-8-15-7-4-5-9-16(15)21/h4-5,7,9,13-14H,6,8,10-12H2,1-3H3,(H,20,24)/t14-/m0/s1. The van der Waals surface area contributed by atoms with Crippen molar-refractivity contribution in [3.63, 3.8) is 0 Å². The largest absolute Gasteiger partial charge is 0.348 e. The molecule has 6 heteroatoms. The Morgan fingerprint density at radius 3 is 2.64 bits per heavy atom. The molecule has 0 fully saturated rings. The summed E-state index contributed by atoms with van der Waals surface area (Å²) in [6.45, 7) is 6.43. The van der Waals surface area contributed by atoms with Gasteiger partial charge >= 0.3 is 0 Å². The number of aryl methyl sites for hydroxylation is 1. The van der Waals surface area contributed by atoms with Crippen LogP contribution in [0, 0.1) is 11.8 Å². The number of amides is 2. The molecule has 1 aliphatic heterocycles. The fourth-order valence-electron chi connectivity index (χ4n) is 2.69. The zero-order valence-electron chi connectivity index (χ0n) is 15.1. The summed E-state index contributed by atoms with van der Waals surface area (Å²) < 4.78 is 0. The van der Waals surface area contributed by atoms with Crippen molar-refractivity contribution in [2.75, 3.05) is 23.7 Å². The van der Waals surface area contributed by atoms with Crippen LogP contribution in [0.5, 0.6) is 0 Å². The zero-order chi connectivity index (χ0) is 18.4. The Morgan fingerprint density at radius 2 is 1.92 bits per heavy atom. The molecule has 1 atom stereocenters. The van der Waals surface area contributed by atoms with Crippen molar-refractivity contribution < 1.29 is 14.4 Å². The number of anilines is 1. The number of fused-ring (bicyclic) bond motifs is 1. The van der Waals surface area contributed by atoms with E-state index >= 15 is 0 Å². The van der Waals surface area contributed by atoms with Crippen LogP contribution in [-0.2, 0) is 20.8 Å². The van der Waals surface area contributed by atoms with Crippen LogP contribution in [0.1, 0.15) is 32.8 Å². The number of benzene rings is 1. The number of hydrogen-bond donors (Lipinski definition) is 1. The maximum Gasteiger partial charge on any atom is 0.237 e. The Labute approximate surface area is 153 Å². The molecule has 0 unspecified atom stereocenters. The number of carbonyl (C=O) groups excluding carboxylic acids is 3. The van der Waals surface area contributed by atoms with Gasteiger partial charge in [0.1, 0.15) is 0 Å². The van der Waals surface area contributed by atoms with Gasteiger partial charge in [0.05, 0.1) is 12.3 Å². The van der Waals surface area contributed by atoms with Gasteiger partial charge in [-0.05, 0) is 30.4 Å². The van der Waals surface area contributed by atoms with Crippen LogP contribution < -0.4 is 10.2 Å². The van der Waals surface area contributed by atoms with Gasteiger partial charge in [-0.1, -0.05) is 50.7 Å². The monoisotopic (exact) mass is 362 g/mol. The molecule has 2 amide bonds. The number of nitrogens with one attached hydrogen (secondary N) is 1. The van der Waals surface area contributed by atoms with Crippen molar-refractivity contribution in [2.24, 2.45) is 11.8 Å². The maximum atomic E-state index is 12.5. The maximum absolute atomic E-state index is 12.5. The molecule has 1 aromatic rings. The molecule has 0 saturated carbocycles. The van der Waals surface area contributed by atoms with Crippen LogP contribution in [0.15, 0.2) is 24.3 Å². The first-order valence-corrected chi connectivity index (χ1v) is 9.70. The van der Waals surface area contributed by atoms with Gasteiger partial charge in [-0.2, -0.15) is 0 Å². The van der Waals surface area contributed by atoms with E-state index in [1.807, 2.05) is 45.0 Å². The van der Waals surface area contributed by atoms with E-state index in [0.717, 1.165) is 30.3 Å². The lowest BCUT2D eigenvalue weighted by Crippen LogP contribution is -2.38. The van der Waals surface area contributed by atoms with Crippen molar-refractivity contribution in [3.05, 3.63) is 29.8 Å². The fourth-order valence-corrected chi connectivity index (χ4v) is 3.30. The minimum absolute atomic E-state index is 0.0373. The SMILES string of the molecule is CC(C)[C@H](C)C(=O)NCC(=O)SCC(=O)N1CCCc2ccccc21.